The van der Waals surface area contributed by atoms with Gasteiger partial charge in [0.15, 0.2) is 0 Å². The second kappa shape index (κ2) is 3.99. The van der Waals surface area contributed by atoms with Gasteiger partial charge in [0, 0.05) is 6.61 Å². The zero-order valence-corrected chi connectivity index (χ0v) is 10.0. The van der Waals surface area contributed by atoms with Crippen molar-refractivity contribution in [2.24, 2.45) is 0 Å². The molecule has 1 amide bonds. The quantitative estimate of drug-likeness (QED) is 0.784. The number of ether oxygens (including phenoxy) is 1. The van der Waals surface area contributed by atoms with Gasteiger partial charge in [0.25, 0.3) is 5.91 Å². The normalized spacial score (nSPS) is 29.2. The van der Waals surface area contributed by atoms with Crippen LogP contribution in [0.4, 0.5) is 5.13 Å². The molecular weight excluding hydrogens is 228 g/mol. The second-order valence-corrected chi connectivity index (χ2v) is 5.09. The van der Waals surface area contributed by atoms with Crippen LogP contribution in [0.15, 0.2) is 0 Å². The summed E-state index contributed by atoms with van der Waals surface area (Å²) in [5.74, 6) is -0.242. The summed E-state index contributed by atoms with van der Waals surface area (Å²) in [7, 11) is 0. The van der Waals surface area contributed by atoms with Crippen LogP contribution in [0, 0.1) is 0 Å². The predicted octanol–water partition coefficient (Wildman–Crippen LogP) is 0.418. The highest BCUT2D eigenvalue weighted by atomic mass is 32.1. The fourth-order valence-corrected chi connectivity index (χ4v) is 2.14. The van der Waals surface area contributed by atoms with Crippen molar-refractivity contribution in [3.05, 3.63) is 5.01 Å². The van der Waals surface area contributed by atoms with Crippen molar-refractivity contribution >= 4 is 22.4 Å². The first-order valence-electron chi connectivity index (χ1n) is 5.04. The molecule has 3 N–H and O–H groups in total. The lowest BCUT2D eigenvalue weighted by Crippen LogP contribution is -2.50. The van der Waals surface area contributed by atoms with Gasteiger partial charge in [-0.05, 0) is 20.3 Å². The first kappa shape index (κ1) is 11.3. The fraction of sp³-hybridized carbons (Fsp3) is 0.667. The number of nitrogens with one attached hydrogen (secondary N) is 1. The van der Waals surface area contributed by atoms with Gasteiger partial charge in [0.1, 0.15) is 0 Å². The number of rotatable bonds is 2. The Hall–Kier alpha value is -1.21. The molecule has 1 aliphatic rings. The Morgan fingerprint density at radius 2 is 2.44 bits per heavy atom. The number of anilines is 1. The van der Waals surface area contributed by atoms with Crippen LogP contribution in [0.5, 0.6) is 0 Å². The van der Waals surface area contributed by atoms with Crippen LogP contribution in [0.2, 0.25) is 0 Å². The van der Waals surface area contributed by atoms with Crippen LogP contribution in [-0.4, -0.2) is 34.4 Å². The number of hydrogen-bond acceptors (Lipinski definition) is 6. The largest absolute Gasteiger partial charge is 0.376 e. The first-order chi connectivity index (χ1) is 7.51. The molecule has 2 atom stereocenters. The summed E-state index contributed by atoms with van der Waals surface area (Å²) in [5, 5.41) is 10.8. The number of nitrogens with zero attached hydrogens (tertiary/aromatic N) is 2. The first-order valence-corrected chi connectivity index (χ1v) is 5.86. The molecule has 1 aromatic rings. The van der Waals surface area contributed by atoms with E-state index in [2.05, 4.69) is 15.5 Å². The highest BCUT2D eigenvalue weighted by Gasteiger charge is 2.38. The van der Waals surface area contributed by atoms with Crippen molar-refractivity contribution in [2.45, 2.75) is 31.9 Å². The zero-order valence-electron chi connectivity index (χ0n) is 9.19. The van der Waals surface area contributed by atoms with Crippen molar-refractivity contribution in [3.63, 3.8) is 0 Å². The number of hydrogen-bond donors (Lipinski definition) is 2. The third-order valence-electron chi connectivity index (χ3n) is 2.92. The van der Waals surface area contributed by atoms with E-state index in [1.165, 1.54) is 0 Å². The van der Waals surface area contributed by atoms with Crippen molar-refractivity contribution in [1.82, 2.24) is 15.5 Å². The van der Waals surface area contributed by atoms with Gasteiger partial charge >= 0.3 is 0 Å². The van der Waals surface area contributed by atoms with Gasteiger partial charge in [-0.15, -0.1) is 10.2 Å². The molecule has 0 aromatic carbocycles. The van der Waals surface area contributed by atoms with E-state index in [0.29, 0.717) is 11.7 Å². The van der Waals surface area contributed by atoms with Crippen LogP contribution in [0.25, 0.3) is 0 Å². The van der Waals surface area contributed by atoms with Crippen molar-refractivity contribution in [2.75, 3.05) is 12.3 Å². The van der Waals surface area contributed by atoms with E-state index < -0.39 is 0 Å². The molecule has 1 saturated heterocycles. The van der Waals surface area contributed by atoms with Crippen LogP contribution in [-0.2, 0) is 4.74 Å². The van der Waals surface area contributed by atoms with Crippen molar-refractivity contribution in [3.8, 4) is 0 Å². The number of aromatic nitrogens is 2. The molecule has 7 heteroatoms. The maximum atomic E-state index is 11.9. The van der Waals surface area contributed by atoms with E-state index in [-0.39, 0.29) is 22.6 Å². The standard InChI is InChI=1S/C9H14N4O2S/c1-5-9(2,3-4-15-5)11-6(14)7-12-13-8(10)16-7/h5H,3-4H2,1-2H3,(H2,10,13)(H,11,14). The summed E-state index contributed by atoms with van der Waals surface area (Å²) in [6, 6.07) is 0. The molecule has 2 unspecified atom stereocenters. The van der Waals surface area contributed by atoms with E-state index in [9.17, 15) is 4.79 Å². The second-order valence-electron chi connectivity index (χ2n) is 4.08. The van der Waals surface area contributed by atoms with Gasteiger partial charge in [-0.3, -0.25) is 4.79 Å². The van der Waals surface area contributed by atoms with Gasteiger partial charge < -0.3 is 15.8 Å². The molecule has 0 aliphatic carbocycles. The van der Waals surface area contributed by atoms with Crippen molar-refractivity contribution < 1.29 is 9.53 Å². The average Bonchev–Trinajstić information content (AvgIpc) is 2.76. The monoisotopic (exact) mass is 242 g/mol. The molecule has 2 heterocycles. The Labute approximate surface area is 97.2 Å². The summed E-state index contributed by atoms with van der Waals surface area (Å²) >= 11 is 1.08. The topological polar surface area (TPSA) is 90.1 Å². The van der Waals surface area contributed by atoms with Gasteiger partial charge in [-0.2, -0.15) is 0 Å². The minimum Gasteiger partial charge on any atom is -0.376 e. The Kier molecular flexibility index (Phi) is 2.81. The van der Waals surface area contributed by atoms with Crippen LogP contribution in [0.1, 0.15) is 30.1 Å². The SMILES string of the molecule is CC1OCCC1(C)NC(=O)c1nnc(N)s1. The summed E-state index contributed by atoms with van der Waals surface area (Å²) in [6.45, 7) is 4.57. The van der Waals surface area contributed by atoms with E-state index in [1.54, 1.807) is 0 Å². The highest BCUT2D eigenvalue weighted by Crippen LogP contribution is 2.25. The van der Waals surface area contributed by atoms with E-state index in [0.717, 1.165) is 17.8 Å². The predicted molar refractivity (Wildman–Crippen MR) is 60.2 cm³/mol. The van der Waals surface area contributed by atoms with E-state index in [4.69, 9.17) is 10.5 Å². The lowest BCUT2D eigenvalue weighted by molar-refractivity contribution is 0.0726. The highest BCUT2D eigenvalue weighted by molar-refractivity contribution is 7.16. The molecule has 0 radical (unpaired) electrons. The number of amides is 1. The van der Waals surface area contributed by atoms with E-state index in [1.807, 2.05) is 13.8 Å². The Balaban J connectivity index is 2.07. The van der Waals surface area contributed by atoms with Gasteiger partial charge in [-0.25, -0.2) is 0 Å². The molecule has 88 valence electrons. The van der Waals surface area contributed by atoms with Gasteiger partial charge in [-0.1, -0.05) is 11.3 Å². The summed E-state index contributed by atoms with van der Waals surface area (Å²) in [6.07, 6.45) is 0.801. The molecule has 1 fully saturated rings. The maximum Gasteiger partial charge on any atom is 0.282 e. The number of nitrogen functional groups attached to an aromatic ring is 1. The van der Waals surface area contributed by atoms with Gasteiger partial charge in [0.05, 0.1) is 11.6 Å². The molecule has 0 bridgehead atoms. The summed E-state index contributed by atoms with van der Waals surface area (Å²) < 4.78 is 5.44. The molecule has 2 rings (SSSR count). The van der Waals surface area contributed by atoms with Crippen molar-refractivity contribution in [1.29, 1.82) is 0 Å². The molecular formula is C9H14N4O2S. The lowest BCUT2D eigenvalue weighted by atomic mass is 9.95. The molecule has 0 spiro atoms. The Morgan fingerprint density at radius 1 is 1.69 bits per heavy atom. The van der Waals surface area contributed by atoms with Gasteiger partial charge in [0.2, 0.25) is 10.1 Å². The smallest absolute Gasteiger partial charge is 0.282 e. The van der Waals surface area contributed by atoms with Crippen LogP contribution >= 0.6 is 11.3 Å². The fourth-order valence-electron chi connectivity index (χ4n) is 1.64. The van der Waals surface area contributed by atoms with Crippen LogP contribution in [0.3, 0.4) is 0 Å². The number of carbonyl (C=O) groups is 1. The maximum absolute atomic E-state index is 11.9. The van der Waals surface area contributed by atoms with E-state index >= 15 is 0 Å². The molecule has 1 aromatic heterocycles. The molecule has 0 saturated carbocycles. The molecule has 16 heavy (non-hydrogen) atoms. The average molecular weight is 242 g/mol. The minimum atomic E-state index is -0.336. The molecule has 6 nitrogen and oxygen atoms in total. The summed E-state index contributed by atoms with van der Waals surface area (Å²) in [4.78, 5) is 11.9. The summed E-state index contributed by atoms with van der Waals surface area (Å²) in [5.41, 5.74) is 5.09. The number of carbonyl (C=O) groups excluding carboxylic acids is 1. The third-order valence-corrected chi connectivity index (χ3v) is 3.67. The molecule has 1 aliphatic heterocycles. The number of nitrogens with two attached hydrogens (primary N) is 1. The third kappa shape index (κ3) is 2.00. The van der Waals surface area contributed by atoms with Crippen LogP contribution < -0.4 is 11.1 Å². The Bertz CT molecular complexity index is 408. The Morgan fingerprint density at radius 3 is 2.94 bits per heavy atom. The zero-order chi connectivity index (χ0) is 11.8. The minimum absolute atomic E-state index is 0.00159. The lowest BCUT2D eigenvalue weighted by Gasteiger charge is -2.28.